The molecule has 4 rings (SSSR count). The third-order valence-electron chi connectivity index (χ3n) is 9.89. The first-order chi connectivity index (χ1) is 14.2. The molecule has 1 N–H and O–H groups in total. The highest BCUT2D eigenvalue weighted by molar-refractivity contribution is 5.74. The lowest BCUT2D eigenvalue weighted by Gasteiger charge is -2.60. The maximum absolute atomic E-state index is 11.9. The molecule has 0 spiro atoms. The van der Waals surface area contributed by atoms with Crippen molar-refractivity contribution in [1.29, 1.82) is 0 Å². The first-order valence-electron chi connectivity index (χ1n) is 12.4. The van der Waals surface area contributed by atoms with Crippen LogP contribution in [0.5, 0.6) is 0 Å². The van der Waals surface area contributed by atoms with Gasteiger partial charge >= 0.3 is 0 Å². The van der Waals surface area contributed by atoms with Gasteiger partial charge in [-0.15, -0.1) is 0 Å². The average molecular weight is 414 g/mol. The van der Waals surface area contributed by atoms with E-state index in [-0.39, 0.29) is 16.9 Å². The Kier molecular flexibility index (Phi) is 5.98. The zero-order valence-corrected chi connectivity index (χ0v) is 19.4. The summed E-state index contributed by atoms with van der Waals surface area (Å²) in [6.45, 7) is 9.13. The summed E-state index contributed by atoms with van der Waals surface area (Å²) in [5.74, 6) is 1.72. The van der Waals surface area contributed by atoms with Gasteiger partial charge in [-0.05, 0) is 98.2 Å². The molecule has 4 aliphatic carbocycles. The fourth-order valence-corrected chi connectivity index (χ4v) is 7.97. The Balaban J connectivity index is 1.54. The highest BCUT2D eigenvalue weighted by Crippen LogP contribution is 2.66. The Morgan fingerprint density at radius 2 is 1.90 bits per heavy atom. The summed E-state index contributed by atoms with van der Waals surface area (Å²) in [6.07, 6.45) is 15.9. The van der Waals surface area contributed by atoms with Crippen molar-refractivity contribution in [3.8, 4) is 0 Å². The summed E-state index contributed by atoms with van der Waals surface area (Å²) in [6, 6.07) is 0. The summed E-state index contributed by atoms with van der Waals surface area (Å²) >= 11 is 0. The van der Waals surface area contributed by atoms with Gasteiger partial charge in [-0.1, -0.05) is 51.5 Å². The minimum absolute atomic E-state index is 0.117. The van der Waals surface area contributed by atoms with Crippen LogP contribution in [0, 0.1) is 46.3 Å². The molecule has 0 aromatic rings. The van der Waals surface area contributed by atoms with E-state index in [9.17, 15) is 15.0 Å². The van der Waals surface area contributed by atoms with Crippen molar-refractivity contribution in [3.63, 3.8) is 0 Å². The van der Waals surface area contributed by atoms with Gasteiger partial charge in [0.05, 0.1) is 12.1 Å². The number of carbonyl (C=O) groups is 1. The van der Waals surface area contributed by atoms with Crippen LogP contribution in [0.2, 0.25) is 0 Å². The molecule has 168 valence electrons. The quantitative estimate of drug-likeness (QED) is 0.653. The van der Waals surface area contributed by atoms with Gasteiger partial charge in [-0.3, -0.25) is 0 Å². The lowest BCUT2D eigenvalue weighted by molar-refractivity contribution is -0.308. The summed E-state index contributed by atoms with van der Waals surface area (Å²) in [4.78, 5) is 11.9. The van der Waals surface area contributed by atoms with Crippen molar-refractivity contribution in [1.82, 2.24) is 0 Å². The molecule has 0 heterocycles. The zero-order chi connectivity index (χ0) is 21.7. The molecule has 30 heavy (non-hydrogen) atoms. The zero-order valence-electron chi connectivity index (χ0n) is 19.4. The maximum Gasteiger partial charge on any atom is 0.0596 e. The van der Waals surface area contributed by atoms with E-state index in [1.54, 1.807) is 0 Å². The Labute approximate surface area is 183 Å². The second kappa shape index (κ2) is 8.11. The molecule has 8 atom stereocenters. The van der Waals surface area contributed by atoms with Crippen LogP contribution < -0.4 is 5.11 Å². The van der Waals surface area contributed by atoms with E-state index in [2.05, 4.69) is 33.8 Å². The van der Waals surface area contributed by atoms with Crippen LogP contribution in [0.15, 0.2) is 23.8 Å². The molecule has 0 radical (unpaired) electrons. The number of hydrogen-bond acceptors (Lipinski definition) is 3. The molecule has 0 unspecified atom stereocenters. The number of aliphatic hydroxyl groups is 1. The van der Waals surface area contributed by atoms with E-state index >= 15 is 0 Å². The normalized spacial score (nSPS) is 44.3. The van der Waals surface area contributed by atoms with Gasteiger partial charge in [-0.25, -0.2) is 0 Å². The van der Waals surface area contributed by atoms with E-state index < -0.39 is 11.9 Å². The first-order valence-corrected chi connectivity index (χ1v) is 12.4. The van der Waals surface area contributed by atoms with Crippen LogP contribution >= 0.6 is 0 Å². The molecule has 0 aromatic heterocycles. The number of aliphatic carboxylic acids is 1. The van der Waals surface area contributed by atoms with Crippen molar-refractivity contribution in [3.05, 3.63) is 23.8 Å². The molecule has 4 aliphatic rings. The summed E-state index contributed by atoms with van der Waals surface area (Å²) in [7, 11) is 0. The number of rotatable bonds is 5. The maximum atomic E-state index is 11.9. The molecule has 3 fully saturated rings. The number of carbonyl (C=O) groups excluding carboxylic acids is 1. The average Bonchev–Trinajstić information content (AvgIpc) is 2.99. The Bertz CT molecular complexity index is 722. The van der Waals surface area contributed by atoms with Gasteiger partial charge in [0.15, 0.2) is 0 Å². The molecule has 0 aromatic carbocycles. The number of carboxylic acid groups (broad SMARTS) is 1. The van der Waals surface area contributed by atoms with Gasteiger partial charge in [0.2, 0.25) is 0 Å². The van der Waals surface area contributed by atoms with E-state index in [0.717, 1.165) is 49.5 Å². The van der Waals surface area contributed by atoms with E-state index in [0.29, 0.717) is 17.8 Å². The third-order valence-corrected chi connectivity index (χ3v) is 9.89. The number of carboxylic acids is 1. The van der Waals surface area contributed by atoms with Crippen LogP contribution in [0.1, 0.15) is 85.5 Å². The highest BCUT2D eigenvalue weighted by Gasteiger charge is 2.59. The number of hydrogen-bond donors (Lipinski definition) is 1. The minimum Gasteiger partial charge on any atom is -0.549 e. The van der Waals surface area contributed by atoms with Gasteiger partial charge in [0.1, 0.15) is 0 Å². The van der Waals surface area contributed by atoms with Gasteiger partial charge in [-0.2, -0.15) is 0 Å². The SMILES string of the molecule is CC(C)CC=C[C@@H](C(=O)[O-])C1=CC[C@@]2(C)[C@@H](CC[C@@H]3[C@H]4CC[C@H](O)[C@@]4(C)CC[C@@H]32)C1. The molecule has 0 amide bonds. The number of allylic oxidation sites excluding steroid dienone is 2. The predicted octanol–water partition coefficient (Wildman–Crippen LogP) is 4.89. The van der Waals surface area contributed by atoms with Gasteiger partial charge < -0.3 is 15.0 Å². The highest BCUT2D eigenvalue weighted by atomic mass is 16.4. The summed E-state index contributed by atoms with van der Waals surface area (Å²) in [5.41, 5.74) is 1.48. The molecule has 0 aliphatic heterocycles. The number of fused-ring (bicyclic) bond motifs is 5. The van der Waals surface area contributed by atoms with Crippen LogP contribution in [0.25, 0.3) is 0 Å². The van der Waals surface area contributed by atoms with Crippen molar-refractivity contribution in [2.45, 2.75) is 91.6 Å². The topological polar surface area (TPSA) is 60.4 Å². The monoisotopic (exact) mass is 413 g/mol. The van der Waals surface area contributed by atoms with E-state index in [4.69, 9.17) is 0 Å². The molecule has 3 nitrogen and oxygen atoms in total. The van der Waals surface area contributed by atoms with E-state index in [1.165, 1.54) is 25.7 Å². The first kappa shape index (κ1) is 22.1. The Hall–Kier alpha value is -1.09. The standard InChI is InChI=1S/C27H42O3/c1-17(2)6-5-7-20(25(29)30)18-12-14-26(3)19(16-18)8-9-21-22-10-11-24(28)27(22,4)15-13-23(21)26/h5,7,12,17,19-24,28H,6,8-11,13-16H2,1-4H3,(H,29,30)/p-1/t19-,20+,21+,22+,23-,24-,26-,27-/m0/s1. The summed E-state index contributed by atoms with van der Waals surface area (Å²) < 4.78 is 0. The van der Waals surface area contributed by atoms with Crippen molar-refractivity contribution < 1.29 is 15.0 Å². The fourth-order valence-electron chi connectivity index (χ4n) is 7.97. The lowest BCUT2D eigenvalue weighted by Crippen LogP contribution is -2.53. The van der Waals surface area contributed by atoms with E-state index in [1.807, 2.05) is 12.2 Å². The van der Waals surface area contributed by atoms with Gasteiger partial charge in [0.25, 0.3) is 0 Å². The second-order valence-corrected chi connectivity index (χ2v) is 11.8. The minimum atomic E-state index is -0.952. The lowest BCUT2D eigenvalue weighted by atomic mass is 9.45. The van der Waals surface area contributed by atoms with Gasteiger partial charge in [0, 0.05) is 5.92 Å². The van der Waals surface area contributed by atoms with Crippen molar-refractivity contribution in [2.24, 2.45) is 46.3 Å². The van der Waals surface area contributed by atoms with Crippen LogP contribution in [-0.4, -0.2) is 17.2 Å². The molecule has 0 saturated heterocycles. The van der Waals surface area contributed by atoms with Crippen molar-refractivity contribution in [2.75, 3.05) is 0 Å². The van der Waals surface area contributed by atoms with Crippen molar-refractivity contribution >= 4 is 5.97 Å². The van der Waals surface area contributed by atoms with Crippen LogP contribution in [0.4, 0.5) is 0 Å². The number of aliphatic hydroxyl groups excluding tert-OH is 1. The third kappa shape index (κ3) is 3.59. The predicted molar refractivity (Wildman–Crippen MR) is 118 cm³/mol. The van der Waals surface area contributed by atoms with Crippen LogP contribution in [0.3, 0.4) is 0 Å². The molecule has 3 saturated carbocycles. The molecular formula is C27H41O3-. The second-order valence-electron chi connectivity index (χ2n) is 11.8. The Morgan fingerprint density at radius 3 is 2.60 bits per heavy atom. The molecular weight excluding hydrogens is 372 g/mol. The fraction of sp³-hybridized carbons (Fsp3) is 0.815. The molecule has 3 heteroatoms. The Morgan fingerprint density at radius 1 is 1.17 bits per heavy atom. The van der Waals surface area contributed by atoms with Crippen LogP contribution in [-0.2, 0) is 4.79 Å². The smallest absolute Gasteiger partial charge is 0.0596 e. The summed E-state index contributed by atoms with van der Waals surface area (Å²) in [5, 5.41) is 22.6. The largest absolute Gasteiger partial charge is 0.549 e. The molecule has 0 bridgehead atoms.